The number of nitrogens with one attached hydrogen (secondary N) is 2. The Kier molecular flexibility index (Phi) is 7.62. The number of aliphatic imine (C=N–C) groups is 1. The van der Waals surface area contributed by atoms with E-state index >= 15 is 0 Å². The molecule has 0 aliphatic carbocycles. The van der Waals surface area contributed by atoms with Crippen molar-refractivity contribution < 1.29 is 9.47 Å². The molecule has 29 heavy (non-hydrogen) atoms. The average molecular weight is 419 g/mol. The van der Waals surface area contributed by atoms with E-state index in [9.17, 15) is 0 Å². The van der Waals surface area contributed by atoms with Gasteiger partial charge in [-0.3, -0.25) is 4.99 Å². The topological polar surface area (TPSA) is 85.6 Å². The van der Waals surface area contributed by atoms with Crippen LogP contribution >= 0.6 is 11.8 Å². The summed E-state index contributed by atoms with van der Waals surface area (Å²) in [5, 5.41) is 16.4. The Morgan fingerprint density at radius 2 is 2.07 bits per heavy atom. The highest BCUT2D eigenvalue weighted by Gasteiger charge is 2.14. The van der Waals surface area contributed by atoms with E-state index in [1.165, 1.54) is 0 Å². The zero-order chi connectivity index (χ0) is 20.6. The maximum absolute atomic E-state index is 5.43. The maximum Gasteiger partial charge on any atom is 0.231 e. The van der Waals surface area contributed by atoms with E-state index in [-0.39, 0.29) is 0 Å². The van der Waals surface area contributed by atoms with Crippen molar-refractivity contribution >= 4 is 17.7 Å². The molecule has 1 aliphatic rings. The molecular weight excluding hydrogens is 388 g/mol. The standard InChI is InChI=1S/C20H30N6O2S/c1-14(2)12-26-18(24-25-20(26)29-4)6-5-9-22-19(21-3)23-11-15-7-8-16-17(10-15)28-13-27-16/h7-8,10,14H,5-6,9,11-13H2,1-4H3,(H2,21,22,23). The van der Waals surface area contributed by atoms with E-state index in [1.54, 1.807) is 18.8 Å². The molecule has 0 spiro atoms. The quantitative estimate of drug-likeness (QED) is 0.280. The van der Waals surface area contributed by atoms with Crippen LogP contribution < -0.4 is 20.1 Å². The van der Waals surface area contributed by atoms with E-state index in [1.807, 2.05) is 24.5 Å². The highest BCUT2D eigenvalue weighted by Crippen LogP contribution is 2.32. The SMILES string of the molecule is CN=C(NCCCc1nnc(SC)n1CC(C)C)NCc1ccc2c(c1)OCO2. The lowest BCUT2D eigenvalue weighted by Crippen LogP contribution is -2.37. The molecule has 2 aromatic rings. The number of nitrogens with zero attached hydrogens (tertiary/aromatic N) is 4. The molecule has 3 rings (SSSR count). The van der Waals surface area contributed by atoms with Crippen molar-refractivity contribution in [1.29, 1.82) is 0 Å². The van der Waals surface area contributed by atoms with Crippen LogP contribution in [0.25, 0.3) is 0 Å². The third-order valence-corrected chi connectivity index (χ3v) is 5.18. The second-order valence-electron chi connectivity index (χ2n) is 7.25. The summed E-state index contributed by atoms with van der Waals surface area (Å²) < 4.78 is 13.0. The molecule has 2 N–H and O–H groups in total. The van der Waals surface area contributed by atoms with E-state index in [0.29, 0.717) is 19.3 Å². The first kappa shape index (κ1) is 21.3. The number of fused-ring (bicyclic) bond motifs is 1. The van der Waals surface area contributed by atoms with Crippen LogP contribution in [0.15, 0.2) is 28.3 Å². The van der Waals surface area contributed by atoms with Gasteiger partial charge in [0.25, 0.3) is 0 Å². The normalized spacial score (nSPS) is 13.2. The van der Waals surface area contributed by atoms with Crippen molar-refractivity contribution in [1.82, 2.24) is 25.4 Å². The van der Waals surface area contributed by atoms with Gasteiger partial charge >= 0.3 is 0 Å². The fraction of sp³-hybridized carbons (Fsp3) is 0.550. The van der Waals surface area contributed by atoms with Crippen LogP contribution in [0.1, 0.15) is 31.7 Å². The minimum Gasteiger partial charge on any atom is -0.454 e. The Hall–Kier alpha value is -2.42. The number of ether oxygens (including phenoxy) is 2. The lowest BCUT2D eigenvalue weighted by Gasteiger charge is -2.13. The van der Waals surface area contributed by atoms with Crippen LogP contribution in [0.3, 0.4) is 0 Å². The Morgan fingerprint density at radius 1 is 1.24 bits per heavy atom. The number of thioether (sulfide) groups is 1. The zero-order valence-electron chi connectivity index (χ0n) is 17.6. The van der Waals surface area contributed by atoms with Gasteiger partial charge in [-0.2, -0.15) is 0 Å². The van der Waals surface area contributed by atoms with Crippen molar-refractivity contribution in [2.75, 3.05) is 26.6 Å². The lowest BCUT2D eigenvalue weighted by molar-refractivity contribution is 0.174. The Balaban J connectivity index is 1.44. The molecule has 0 radical (unpaired) electrons. The first-order valence-electron chi connectivity index (χ1n) is 9.89. The zero-order valence-corrected chi connectivity index (χ0v) is 18.4. The van der Waals surface area contributed by atoms with Crippen molar-refractivity contribution in [2.45, 2.75) is 44.9 Å². The van der Waals surface area contributed by atoms with E-state index in [4.69, 9.17) is 9.47 Å². The van der Waals surface area contributed by atoms with E-state index in [0.717, 1.165) is 59.9 Å². The summed E-state index contributed by atoms with van der Waals surface area (Å²) in [6.07, 6.45) is 3.88. The largest absolute Gasteiger partial charge is 0.454 e. The Bertz CT molecular complexity index is 836. The van der Waals surface area contributed by atoms with Crippen molar-refractivity contribution in [3.63, 3.8) is 0 Å². The molecule has 1 aromatic carbocycles. The molecule has 0 fully saturated rings. The van der Waals surface area contributed by atoms with Gasteiger partial charge in [-0.15, -0.1) is 10.2 Å². The number of rotatable bonds is 9. The van der Waals surface area contributed by atoms with Crippen LogP contribution in [0, 0.1) is 5.92 Å². The van der Waals surface area contributed by atoms with Gasteiger partial charge in [-0.25, -0.2) is 0 Å². The maximum atomic E-state index is 5.43. The monoisotopic (exact) mass is 418 g/mol. The summed E-state index contributed by atoms with van der Waals surface area (Å²) in [5.41, 5.74) is 1.11. The highest BCUT2D eigenvalue weighted by molar-refractivity contribution is 7.98. The van der Waals surface area contributed by atoms with E-state index in [2.05, 4.69) is 44.2 Å². The predicted octanol–water partition coefficient (Wildman–Crippen LogP) is 2.68. The fourth-order valence-corrected chi connectivity index (χ4v) is 3.64. The molecular formula is C20H30N6O2S. The molecule has 2 heterocycles. The predicted molar refractivity (Wildman–Crippen MR) is 116 cm³/mol. The summed E-state index contributed by atoms with van der Waals surface area (Å²) >= 11 is 1.65. The third kappa shape index (κ3) is 5.79. The smallest absolute Gasteiger partial charge is 0.231 e. The second kappa shape index (κ2) is 10.4. The average Bonchev–Trinajstić information content (AvgIpc) is 3.33. The van der Waals surface area contributed by atoms with Crippen LogP contribution in [0.2, 0.25) is 0 Å². The Morgan fingerprint density at radius 3 is 2.83 bits per heavy atom. The number of guanidine groups is 1. The van der Waals surface area contributed by atoms with E-state index < -0.39 is 0 Å². The number of aryl methyl sites for hydroxylation is 1. The van der Waals surface area contributed by atoms with Crippen LogP contribution in [-0.2, 0) is 19.5 Å². The number of aromatic nitrogens is 3. The van der Waals surface area contributed by atoms with Crippen LogP contribution in [-0.4, -0.2) is 47.4 Å². The fourth-order valence-electron chi connectivity index (χ4n) is 3.11. The number of hydrogen-bond donors (Lipinski definition) is 2. The van der Waals surface area contributed by atoms with Crippen LogP contribution in [0.4, 0.5) is 0 Å². The van der Waals surface area contributed by atoms with Gasteiger partial charge in [0.1, 0.15) is 5.82 Å². The molecule has 9 heteroatoms. The molecule has 0 unspecified atom stereocenters. The molecule has 0 atom stereocenters. The van der Waals surface area contributed by atoms with Gasteiger partial charge in [0.2, 0.25) is 6.79 Å². The molecule has 0 amide bonds. The summed E-state index contributed by atoms with van der Waals surface area (Å²) in [6, 6.07) is 5.96. The lowest BCUT2D eigenvalue weighted by atomic mass is 10.2. The summed E-state index contributed by atoms with van der Waals surface area (Å²) in [7, 11) is 1.78. The summed E-state index contributed by atoms with van der Waals surface area (Å²) in [5.74, 6) is 3.98. The van der Waals surface area contributed by atoms with Gasteiger partial charge in [0, 0.05) is 33.1 Å². The molecule has 0 saturated heterocycles. The third-order valence-electron chi connectivity index (χ3n) is 4.51. The highest BCUT2D eigenvalue weighted by atomic mass is 32.2. The molecule has 0 saturated carbocycles. The first-order chi connectivity index (χ1) is 14.1. The molecule has 1 aliphatic heterocycles. The molecule has 8 nitrogen and oxygen atoms in total. The van der Waals surface area contributed by atoms with Gasteiger partial charge in [0.05, 0.1) is 0 Å². The van der Waals surface area contributed by atoms with Crippen molar-refractivity contribution in [3.05, 3.63) is 29.6 Å². The van der Waals surface area contributed by atoms with Gasteiger partial charge in [-0.05, 0) is 36.3 Å². The number of benzene rings is 1. The van der Waals surface area contributed by atoms with Gasteiger partial charge < -0.3 is 24.7 Å². The minimum atomic E-state index is 0.290. The molecule has 0 bridgehead atoms. The second-order valence-corrected chi connectivity index (χ2v) is 8.02. The first-order valence-corrected chi connectivity index (χ1v) is 11.1. The van der Waals surface area contributed by atoms with Crippen molar-refractivity contribution in [2.24, 2.45) is 10.9 Å². The van der Waals surface area contributed by atoms with Crippen molar-refractivity contribution in [3.8, 4) is 11.5 Å². The van der Waals surface area contributed by atoms with Gasteiger partial charge in [-0.1, -0.05) is 31.7 Å². The van der Waals surface area contributed by atoms with Crippen LogP contribution in [0.5, 0.6) is 11.5 Å². The molecule has 158 valence electrons. The number of hydrogen-bond acceptors (Lipinski definition) is 6. The summed E-state index contributed by atoms with van der Waals surface area (Å²) in [6.45, 7) is 7.14. The Labute approximate surface area is 176 Å². The summed E-state index contributed by atoms with van der Waals surface area (Å²) in [4.78, 5) is 4.30. The minimum absolute atomic E-state index is 0.290. The van der Waals surface area contributed by atoms with Gasteiger partial charge in [0.15, 0.2) is 22.6 Å². The molecule has 1 aromatic heterocycles.